The Morgan fingerprint density at radius 1 is 1.38 bits per heavy atom. The largest absolute Gasteiger partial charge is 0.289 e. The highest BCUT2D eigenvalue weighted by Crippen LogP contribution is 2.34. The lowest BCUT2D eigenvalue weighted by molar-refractivity contribution is -0.124. The zero-order chi connectivity index (χ0) is 9.42. The number of hydrogen-bond donors (Lipinski definition) is 1. The maximum Gasteiger partial charge on any atom is 0.254 e. The Morgan fingerprint density at radius 3 is 2.85 bits per heavy atom. The summed E-state index contributed by atoms with van der Waals surface area (Å²) in [6.45, 7) is 2.07. The Kier molecular flexibility index (Phi) is 1.94. The van der Waals surface area contributed by atoms with Crippen molar-refractivity contribution in [1.29, 1.82) is 0 Å². The molecule has 2 amide bonds. The summed E-state index contributed by atoms with van der Waals surface area (Å²) in [5.74, 6) is 0.0138. The Balaban J connectivity index is 2.40. The second kappa shape index (κ2) is 2.98. The zero-order valence-electron chi connectivity index (χ0n) is 7.72. The second-order valence-electron chi connectivity index (χ2n) is 3.67. The van der Waals surface area contributed by atoms with Gasteiger partial charge in [0.1, 0.15) is 0 Å². The predicted octanol–water partition coefficient (Wildman–Crippen LogP) is 1.15. The molecule has 3 heteroatoms. The molecule has 0 spiro atoms. The lowest BCUT2D eigenvalue weighted by Gasteiger charge is -2.20. The summed E-state index contributed by atoms with van der Waals surface area (Å²) in [6.07, 6.45) is 3.83. The van der Waals surface area contributed by atoms with Gasteiger partial charge in [0, 0.05) is 11.1 Å². The van der Waals surface area contributed by atoms with Crippen molar-refractivity contribution in [2.24, 2.45) is 5.92 Å². The van der Waals surface area contributed by atoms with Crippen molar-refractivity contribution in [1.82, 2.24) is 5.32 Å². The van der Waals surface area contributed by atoms with Gasteiger partial charge in [-0.25, -0.2) is 0 Å². The lowest BCUT2D eigenvalue weighted by atomic mass is 9.82. The summed E-state index contributed by atoms with van der Waals surface area (Å²) in [5.41, 5.74) is 1.53. The molecule has 0 saturated heterocycles. The summed E-state index contributed by atoms with van der Waals surface area (Å²) in [7, 11) is 0. The van der Waals surface area contributed by atoms with Crippen LogP contribution in [0.25, 0.3) is 0 Å². The van der Waals surface area contributed by atoms with Gasteiger partial charge in [0.05, 0.1) is 0 Å². The zero-order valence-corrected chi connectivity index (χ0v) is 7.72. The molecule has 13 heavy (non-hydrogen) atoms. The van der Waals surface area contributed by atoms with Crippen LogP contribution in [0.2, 0.25) is 0 Å². The highest BCUT2D eigenvalue weighted by Gasteiger charge is 2.36. The number of nitrogens with one attached hydrogen (secondary N) is 1. The minimum absolute atomic E-state index is 0.147. The number of amides is 2. The molecule has 0 aromatic carbocycles. The van der Waals surface area contributed by atoms with E-state index in [1.807, 2.05) is 0 Å². The van der Waals surface area contributed by atoms with Gasteiger partial charge in [0.25, 0.3) is 11.8 Å². The molecule has 2 aliphatic rings. The predicted molar refractivity (Wildman–Crippen MR) is 47.8 cm³/mol. The van der Waals surface area contributed by atoms with E-state index in [0.717, 1.165) is 36.8 Å². The van der Waals surface area contributed by atoms with Gasteiger partial charge in [-0.2, -0.15) is 0 Å². The first-order chi connectivity index (χ1) is 6.24. The van der Waals surface area contributed by atoms with Crippen molar-refractivity contribution in [3.05, 3.63) is 11.1 Å². The molecule has 0 saturated carbocycles. The molecule has 0 bridgehead atoms. The molecule has 0 aromatic rings. The molecule has 0 fully saturated rings. The van der Waals surface area contributed by atoms with Gasteiger partial charge < -0.3 is 0 Å². The molecule has 0 radical (unpaired) electrons. The molecule has 1 aliphatic heterocycles. The highest BCUT2D eigenvalue weighted by molar-refractivity contribution is 6.19. The quantitative estimate of drug-likeness (QED) is 0.614. The molecule has 0 aromatic heterocycles. The average Bonchev–Trinajstić information content (AvgIpc) is 2.43. The van der Waals surface area contributed by atoms with E-state index < -0.39 is 0 Å². The van der Waals surface area contributed by atoms with Gasteiger partial charge in [-0.15, -0.1) is 0 Å². The van der Waals surface area contributed by atoms with Crippen LogP contribution in [0.1, 0.15) is 32.6 Å². The average molecular weight is 179 g/mol. The van der Waals surface area contributed by atoms with Gasteiger partial charge in [-0.1, -0.05) is 6.92 Å². The molecule has 1 heterocycles. The number of carbonyl (C=O) groups excluding carboxylic acids is 2. The molecule has 70 valence electrons. The smallest absolute Gasteiger partial charge is 0.254 e. The van der Waals surface area contributed by atoms with Crippen LogP contribution >= 0.6 is 0 Å². The first-order valence-corrected chi connectivity index (χ1v) is 4.82. The van der Waals surface area contributed by atoms with Gasteiger partial charge in [0.2, 0.25) is 0 Å². The fourth-order valence-corrected chi connectivity index (χ4v) is 2.26. The molecule has 2 rings (SSSR count). The van der Waals surface area contributed by atoms with Crippen molar-refractivity contribution in [2.45, 2.75) is 32.6 Å². The van der Waals surface area contributed by atoms with Crippen LogP contribution in [-0.4, -0.2) is 11.8 Å². The number of rotatable bonds is 1. The van der Waals surface area contributed by atoms with Crippen LogP contribution in [-0.2, 0) is 9.59 Å². The van der Waals surface area contributed by atoms with Crippen molar-refractivity contribution < 1.29 is 9.59 Å². The summed E-state index contributed by atoms with van der Waals surface area (Å²) >= 11 is 0. The van der Waals surface area contributed by atoms with E-state index in [2.05, 4.69) is 12.2 Å². The third-order valence-electron chi connectivity index (χ3n) is 2.95. The van der Waals surface area contributed by atoms with E-state index in [1.54, 1.807) is 0 Å². The van der Waals surface area contributed by atoms with Crippen LogP contribution in [0.4, 0.5) is 0 Å². The third kappa shape index (κ3) is 1.19. The van der Waals surface area contributed by atoms with Crippen LogP contribution in [0.3, 0.4) is 0 Å². The molecule has 3 nitrogen and oxygen atoms in total. The van der Waals surface area contributed by atoms with Crippen LogP contribution in [0.15, 0.2) is 11.1 Å². The van der Waals surface area contributed by atoms with Crippen molar-refractivity contribution in [2.75, 3.05) is 0 Å². The first-order valence-electron chi connectivity index (χ1n) is 4.82. The summed E-state index contributed by atoms with van der Waals surface area (Å²) in [6, 6.07) is 0. The molecule has 1 N–H and O–H groups in total. The maximum atomic E-state index is 11.4. The Hall–Kier alpha value is -1.12. The Labute approximate surface area is 77.2 Å². The topological polar surface area (TPSA) is 46.2 Å². The van der Waals surface area contributed by atoms with Crippen LogP contribution in [0.5, 0.6) is 0 Å². The number of carbonyl (C=O) groups is 2. The minimum atomic E-state index is -0.154. The van der Waals surface area contributed by atoms with Crippen molar-refractivity contribution in [3.63, 3.8) is 0 Å². The summed E-state index contributed by atoms with van der Waals surface area (Å²) < 4.78 is 0. The highest BCUT2D eigenvalue weighted by atomic mass is 16.2. The summed E-state index contributed by atoms with van der Waals surface area (Å²) in [4.78, 5) is 22.7. The first kappa shape index (κ1) is 8.48. The second-order valence-corrected chi connectivity index (χ2v) is 3.67. The fraction of sp³-hybridized carbons (Fsp3) is 0.600. The molecule has 1 atom stereocenters. The van der Waals surface area contributed by atoms with Gasteiger partial charge in [-0.3, -0.25) is 14.9 Å². The van der Waals surface area contributed by atoms with Gasteiger partial charge in [0.15, 0.2) is 0 Å². The summed E-state index contributed by atoms with van der Waals surface area (Å²) in [5, 5.41) is 2.37. The molecular formula is C10H13NO2. The fourth-order valence-electron chi connectivity index (χ4n) is 2.26. The van der Waals surface area contributed by atoms with Crippen LogP contribution < -0.4 is 5.32 Å². The van der Waals surface area contributed by atoms with Crippen molar-refractivity contribution in [3.8, 4) is 0 Å². The van der Waals surface area contributed by atoms with E-state index in [1.165, 1.54) is 0 Å². The van der Waals surface area contributed by atoms with E-state index in [4.69, 9.17) is 0 Å². The number of imide groups is 1. The standard InChI is InChI=1S/C10H13NO2/c1-2-6-4-3-5-7-8(6)10(13)11-9(7)12/h6H,2-5H2,1H3,(H,11,12,13). The van der Waals surface area contributed by atoms with E-state index >= 15 is 0 Å². The number of hydrogen-bond acceptors (Lipinski definition) is 2. The van der Waals surface area contributed by atoms with Gasteiger partial charge in [-0.05, 0) is 31.6 Å². The maximum absolute atomic E-state index is 11.4. The Morgan fingerprint density at radius 2 is 2.15 bits per heavy atom. The minimum Gasteiger partial charge on any atom is -0.289 e. The van der Waals surface area contributed by atoms with Crippen molar-refractivity contribution >= 4 is 11.8 Å². The van der Waals surface area contributed by atoms with E-state index in [0.29, 0.717) is 5.92 Å². The van der Waals surface area contributed by atoms with E-state index in [-0.39, 0.29) is 11.8 Å². The Bertz CT molecular complexity index is 304. The van der Waals surface area contributed by atoms with Crippen LogP contribution in [0, 0.1) is 5.92 Å². The molecule has 1 unspecified atom stereocenters. The normalized spacial score (nSPS) is 27.6. The third-order valence-corrected chi connectivity index (χ3v) is 2.95. The van der Waals surface area contributed by atoms with Gasteiger partial charge >= 0.3 is 0 Å². The SMILES string of the molecule is CCC1CCCC2=C1C(=O)NC2=O. The van der Waals surface area contributed by atoms with E-state index in [9.17, 15) is 9.59 Å². The lowest BCUT2D eigenvalue weighted by Crippen LogP contribution is -2.24. The monoisotopic (exact) mass is 179 g/mol. The molecular weight excluding hydrogens is 166 g/mol. The molecule has 1 aliphatic carbocycles.